The first-order valence-electron chi connectivity index (χ1n) is 9.91. The standard InChI is InChI=1S/C20H27F2N5O3/c1-12-7-8-14(27-24-13(2)17(25-27)20(3,4)29)10-26(12)19(28)15-6-5-9-23-18(15)30-11-16(21)22/h5-6,9,12,14,16,29H,7-8,10-11H2,1-4H3/t12-,14-/m1/s1. The van der Waals surface area contributed by atoms with Crippen LogP contribution in [0.3, 0.4) is 0 Å². The third-order valence-corrected chi connectivity index (χ3v) is 5.17. The average molecular weight is 423 g/mol. The second-order valence-electron chi connectivity index (χ2n) is 8.11. The van der Waals surface area contributed by atoms with Crippen molar-refractivity contribution in [2.24, 2.45) is 0 Å². The molecule has 0 aliphatic carbocycles. The lowest BCUT2D eigenvalue weighted by Crippen LogP contribution is -2.46. The van der Waals surface area contributed by atoms with Gasteiger partial charge in [0.2, 0.25) is 5.88 Å². The van der Waals surface area contributed by atoms with Crippen LogP contribution in [0, 0.1) is 6.92 Å². The summed E-state index contributed by atoms with van der Waals surface area (Å²) in [6.07, 6.45) is 0.232. The largest absolute Gasteiger partial charge is 0.471 e. The van der Waals surface area contributed by atoms with E-state index in [4.69, 9.17) is 4.74 Å². The highest BCUT2D eigenvalue weighted by molar-refractivity contribution is 5.96. The predicted octanol–water partition coefficient (Wildman–Crippen LogP) is 2.72. The van der Waals surface area contributed by atoms with Crippen LogP contribution in [0.4, 0.5) is 8.78 Å². The Balaban J connectivity index is 1.82. The average Bonchev–Trinajstić information content (AvgIpc) is 3.08. The molecule has 1 saturated heterocycles. The quantitative estimate of drug-likeness (QED) is 0.768. The topological polar surface area (TPSA) is 93.4 Å². The molecule has 1 amide bonds. The summed E-state index contributed by atoms with van der Waals surface area (Å²) in [6.45, 7) is 6.54. The molecule has 2 aromatic rings. The van der Waals surface area contributed by atoms with Gasteiger partial charge in [0.1, 0.15) is 16.9 Å². The number of aromatic nitrogens is 4. The van der Waals surface area contributed by atoms with Gasteiger partial charge < -0.3 is 14.7 Å². The third kappa shape index (κ3) is 4.75. The first kappa shape index (κ1) is 22.1. The van der Waals surface area contributed by atoms with Crippen molar-refractivity contribution in [3.05, 3.63) is 35.3 Å². The molecule has 0 unspecified atom stereocenters. The number of carbonyl (C=O) groups excluding carboxylic acids is 1. The van der Waals surface area contributed by atoms with Crippen molar-refractivity contribution in [2.45, 2.75) is 64.6 Å². The van der Waals surface area contributed by atoms with Crippen molar-refractivity contribution < 1.29 is 23.4 Å². The van der Waals surface area contributed by atoms with E-state index in [1.54, 1.807) is 36.5 Å². The molecule has 1 aliphatic rings. The van der Waals surface area contributed by atoms with Gasteiger partial charge in [-0.2, -0.15) is 15.0 Å². The van der Waals surface area contributed by atoms with Crippen molar-refractivity contribution in [1.82, 2.24) is 24.9 Å². The second kappa shape index (κ2) is 8.63. The van der Waals surface area contributed by atoms with Gasteiger partial charge >= 0.3 is 0 Å². The van der Waals surface area contributed by atoms with Gasteiger partial charge in [-0.15, -0.1) is 0 Å². The highest BCUT2D eigenvalue weighted by atomic mass is 19.3. The zero-order valence-corrected chi connectivity index (χ0v) is 17.5. The van der Waals surface area contributed by atoms with E-state index in [9.17, 15) is 18.7 Å². The van der Waals surface area contributed by atoms with Crippen LogP contribution < -0.4 is 4.74 Å². The Hall–Kier alpha value is -2.62. The number of hydrogen-bond acceptors (Lipinski definition) is 6. The number of carbonyl (C=O) groups is 1. The van der Waals surface area contributed by atoms with Crippen LogP contribution >= 0.6 is 0 Å². The Kier molecular flexibility index (Phi) is 6.35. The number of pyridine rings is 1. The predicted molar refractivity (Wildman–Crippen MR) is 105 cm³/mol. The van der Waals surface area contributed by atoms with Crippen LogP contribution in [0.1, 0.15) is 61.4 Å². The normalized spacial score (nSPS) is 19.9. The van der Waals surface area contributed by atoms with Crippen molar-refractivity contribution in [3.8, 4) is 5.88 Å². The molecule has 0 radical (unpaired) electrons. The van der Waals surface area contributed by atoms with Gasteiger partial charge in [-0.1, -0.05) is 0 Å². The molecule has 10 heteroatoms. The Morgan fingerprint density at radius 2 is 2.10 bits per heavy atom. The maximum absolute atomic E-state index is 13.2. The number of nitrogens with zero attached hydrogens (tertiary/aromatic N) is 5. The zero-order valence-electron chi connectivity index (χ0n) is 17.5. The Labute approximate surface area is 173 Å². The smallest absolute Gasteiger partial charge is 0.272 e. The lowest BCUT2D eigenvalue weighted by Gasteiger charge is -2.37. The molecular weight excluding hydrogens is 396 g/mol. The van der Waals surface area contributed by atoms with Gasteiger partial charge in [0.25, 0.3) is 12.3 Å². The van der Waals surface area contributed by atoms with Crippen molar-refractivity contribution >= 4 is 5.91 Å². The number of piperidine rings is 1. The number of aliphatic hydroxyl groups is 1. The van der Waals surface area contributed by atoms with E-state index in [0.717, 1.165) is 12.8 Å². The molecule has 1 fully saturated rings. The van der Waals surface area contributed by atoms with Crippen LogP contribution in [0.5, 0.6) is 5.88 Å². The lowest BCUT2D eigenvalue weighted by molar-refractivity contribution is 0.0515. The number of halogens is 2. The molecule has 30 heavy (non-hydrogen) atoms. The van der Waals surface area contributed by atoms with Crippen LogP contribution in [0.15, 0.2) is 18.3 Å². The van der Waals surface area contributed by atoms with Gasteiger partial charge in [0.15, 0.2) is 6.61 Å². The van der Waals surface area contributed by atoms with E-state index in [0.29, 0.717) is 17.9 Å². The number of amides is 1. The molecule has 0 bridgehead atoms. The van der Waals surface area contributed by atoms with E-state index < -0.39 is 18.6 Å². The van der Waals surface area contributed by atoms with E-state index >= 15 is 0 Å². The van der Waals surface area contributed by atoms with Crippen LogP contribution in [-0.2, 0) is 5.60 Å². The van der Waals surface area contributed by atoms with E-state index in [-0.39, 0.29) is 29.4 Å². The minimum absolute atomic E-state index is 0.0534. The number of rotatable bonds is 6. The number of alkyl halides is 2. The molecule has 1 N–H and O–H groups in total. The Morgan fingerprint density at radius 1 is 1.37 bits per heavy atom. The lowest BCUT2D eigenvalue weighted by atomic mass is 9.98. The first-order chi connectivity index (χ1) is 14.1. The van der Waals surface area contributed by atoms with Crippen LogP contribution in [0.25, 0.3) is 0 Å². The van der Waals surface area contributed by atoms with Gasteiger partial charge in [-0.25, -0.2) is 13.8 Å². The minimum atomic E-state index is -2.66. The number of aryl methyl sites for hydroxylation is 1. The number of ether oxygens (including phenoxy) is 1. The summed E-state index contributed by atoms with van der Waals surface area (Å²) in [6, 6.07) is 2.88. The SMILES string of the molecule is Cc1nn([C@@H]2CC[C@@H](C)N(C(=O)c3cccnc3OCC(F)F)C2)nc1C(C)(C)O. The zero-order chi connectivity index (χ0) is 22.1. The molecule has 2 aromatic heterocycles. The monoisotopic (exact) mass is 423 g/mol. The highest BCUT2D eigenvalue weighted by Crippen LogP contribution is 2.29. The van der Waals surface area contributed by atoms with Gasteiger partial charge in [0, 0.05) is 18.8 Å². The van der Waals surface area contributed by atoms with Crippen molar-refractivity contribution in [2.75, 3.05) is 13.2 Å². The third-order valence-electron chi connectivity index (χ3n) is 5.17. The van der Waals surface area contributed by atoms with Crippen LogP contribution in [0.2, 0.25) is 0 Å². The fraction of sp³-hybridized carbons (Fsp3) is 0.600. The maximum atomic E-state index is 13.2. The molecule has 0 aromatic carbocycles. The number of hydrogen-bond donors (Lipinski definition) is 1. The number of likely N-dealkylation sites (tertiary alicyclic amines) is 1. The highest BCUT2D eigenvalue weighted by Gasteiger charge is 2.34. The van der Waals surface area contributed by atoms with E-state index in [1.165, 1.54) is 12.3 Å². The first-order valence-corrected chi connectivity index (χ1v) is 9.91. The molecule has 0 spiro atoms. The molecule has 8 nitrogen and oxygen atoms in total. The van der Waals surface area contributed by atoms with Crippen molar-refractivity contribution in [3.63, 3.8) is 0 Å². The summed E-state index contributed by atoms with van der Waals surface area (Å²) >= 11 is 0. The van der Waals surface area contributed by atoms with E-state index in [1.807, 2.05) is 6.92 Å². The summed E-state index contributed by atoms with van der Waals surface area (Å²) < 4.78 is 30.1. The molecule has 3 rings (SSSR count). The van der Waals surface area contributed by atoms with Gasteiger partial charge in [-0.05, 0) is 52.7 Å². The van der Waals surface area contributed by atoms with E-state index in [2.05, 4.69) is 15.2 Å². The summed E-state index contributed by atoms with van der Waals surface area (Å²) in [4.78, 5) is 20.4. The Morgan fingerprint density at radius 3 is 2.73 bits per heavy atom. The summed E-state index contributed by atoms with van der Waals surface area (Å²) in [5, 5.41) is 19.2. The summed E-state index contributed by atoms with van der Waals surface area (Å²) in [5.74, 6) is -0.439. The fourth-order valence-electron chi connectivity index (χ4n) is 3.65. The van der Waals surface area contributed by atoms with Crippen LogP contribution in [-0.4, -0.2) is 61.5 Å². The summed E-state index contributed by atoms with van der Waals surface area (Å²) in [7, 11) is 0. The van der Waals surface area contributed by atoms with Gasteiger partial charge in [-0.3, -0.25) is 4.79 Å². The molecule has 164 valence electrons. The van der Waals surface area contributed by atoms with Gasteiger partial charge in [0.05, 0.1) is 11.7 Å². The molecule has 0 saturated carbocycles. The maximum Gasteiger partial charge on any atom is 0.272 e. The molecular formula is C20H27F2N5O3. The summed E-state index contributed by atoms with van der Waals surface area (Å²) in [5.41, 5.74) is 0.155. The minimum Gasteiger partial charge on any atom is -0.471 e. The second-order valence-corrected chi connectivity index (χ2v) is 8.11. The molecule has 2 atom stereocenters. The fourth-order valence-corrected chi connectivity index (χ4v) is 3.65. The van der Waals surface area contributed by atoms with Crippen molar-refractivity contribution in [1.29, 1.82) is 0 Å². The molecule has 1 aliphatic heterocycles. The molecule has 3 heterocycles. The Bertz CT molecular complexity index is 897.